The first kappa shape index (κ1) is 10.1. The number of hydrogen-bond acceptors (Lipinski definition) is 2. The third kappa shape index (κ3) is 1.42. The van der Waals surface area contributed by atoms with Crippen molar-refractivity contribution in [3.63, 3.8) is 0 Å². The molecule has 1 aromatic heterocycles. The van der Waals surface area contributed by atoms with E-state index in [4.69, 9.17) is 18.2 Å². The van der Waals surface area contributed by atoms with Crippen LogP contribution in [0.5, 0.6) is 0 Å². The highest BCUT2D eigenvalue weighted by molar-refractivity contribution is 6.31. The smallest absolute Gasteiger partial charge is 0.303 e. The number of aldehydes is 1. The van der Waals surface area contributed by atoms with Gasteiger partial charge < -0.3 is 4.79 Å². The van der Waals surface area contributed by atoms with E-state index in [9.17, 15) is 4.79 Å². The molecule has 0 bridgehead atoms. The molecule has 2 rings (SSSR count). The first-order valence-electron chi connectivity index (χ1n) is 4.68. The number of fused-ring (bicyclic) bond motifs is 1. The minimum Gasteiger partial charge on any atom is -0.303 e. The predicted octanol–water partition coefficient (Wildman–Crippen LogP) is 2.42. The van der Waals surface area contributed by atoms with Crippen molar-refractivity contribution in [1.82, 2.24) is 4.98 Å². The molecule has 1 aliphatic rings. The van der Waals surface area contributed by atoms with E-state index in [1.807, 2.05) is 6.92 Å². The van der Waals surface area contributed by atoms with Crippen LogP contribution in [-0.2, 0) is 11.2 Å². The lowest BCUT2D eigenvalue weighted by atomic mass is 10.0. The SMILES string of the molecule is C#[N+]C1c2c(Cl)cnc(C)c2C[C@H]1C=O. The molecule has 3 nitrogen and oxygen atoms in total. The zero-order chi connectivity index (χ0) is 11.0. The number of pyridine rings is 1. The largest absolute Gasteiger partial charge is 0.308 e. The van der Waals surface area contributed by atoms with Crippen molar-refractivity contribution in [1.29, 1.82) is 0 Å². The third-order valence-corrected chi connectivity index (χ3v) is 3.17. The van der Waals surface area contributed by atoms with E-state index in [1.54, 1.807) is 6.20 Å². The molecule has 0 saturated carbocycles. The Morgan fingerprint density at radius 3 is 3.07 bits per heavy atom. The fourth-order valence-corrected chi connectivity index (χ4v) is 2.36. The van der Waals surface area contributed by atoms with Crippen LogP contribution in [0.4, 0.5) is 0 Å². The Bertz CT molecular complexity index is 464. The topological polar surface area (TPSA) is 34.3 Å². The lowest BCUT2D eigenvalue weighted by molar-refractivity contribution is -0.111. The Morgan fingerprint density at radius 1 is 1.73 bits per heavy atom. The molecule has 0 fully saturated rings. The fourth-order valence-electron chi connectivity index (χ4n) is 2.09. The highest BCUT2D eigenvalue weighted by Gasteiger charge is 2.42. The summed E-state index contributed by atoms with van der Waals surface area (Å²) >= 11 is 6.04. The molecule has 0 aromatic carbocycles. The van der Waals surface area contributed by atoms with Crippen LogP contribution in [0.15, 0.2) is 6.20 Å². The van der Waals surface area contributed by atoms with Crippen molar-refractivity contribution in [2.75, 3.05) is 0 Å². The summed E-state index contributed by atoms with van der Waals surface area (Å²) in [5.41, 5.74) is 2.77. The summed E-state index contributed by atoms with van der Waals surface area (Å²) in [7, 11) is 0. The molecule has 4 heteroatoms. The van der Waals surface area contributed by atoms with E-state index < -0.39 is 0 Å². The average molecular weight is 222 g/mol. The molecular weight excluding hydrogens is 212 g/mol. The lowest BCUT2D eigenvalue weighted by Crippen LogP contribution is -2.05. The van der Waals surface area contributed by atoms with E-state index in [-0.39, 0.29) is 12.0 Å². The highest BCUT2D eigenvalue weighted by Crippen LogP contribution is 2.42. The zero-order valence-corrected chi connectivity index (χ0v) is 9.03. The normalized spacial score (nSPS) is 23.3. The molecule has 2 atom stereocenters. The van der Waals surface area contributed by atoms with Gasteiger partial charge in [0, 0.05) is 11.9 Å². The molecule has 0 aliphatic heterocycles. The summed E-state index contributed by atoms with van der Waals surface area (Å²) in [5.74, 6) is -0.203. The van der Waals surface area contributed by atoms with E-state index in [1.165, 1.54) is 0 Å². The maximum atomic E-state index is 10.9. The number of nitrogens with zero attached hydrogens (tertiary/aromatic N) is 2. The van der Waals surface area contributed by atoms with Crippen LogP contribution >= 0.6 is 11.6 Å². The molecular formula is C11H10ClN2O+. The summed E-state index contributed by atoms with van der Waals surface area (Å²) in [6, 6.07) is -0.313. The number of halogens is 1. The molecule has 0 spiro atoms. The molecule has 1 aliphatic carbocycles. The van der Waals surface area contributed by atoms with Gasteiger partial charge in [0.2, 0.25) is 0 Å². The van der Waals surface area contributed by atoms with Crippen molar-refractivity contribution < 1.29 is 4.79 Å². The Hall–Kier alpha value is -1.40. The number of carbonyl (C=O) groups is 1. The molecule has 0 amide bonds. The lowest BCUT2D eigenvalue weighted by Gasteiger charge is -2.02. The minimum absolute atomic E-state index is 0.203. The van der Waals surface area contributed by atoms with Crippen LogP contribution in [-0.4, -0.2) is 11.3 Å². The van der Waals surface area contributed by atoms with Gasteiger partial charge in [-0.05, 0) is 18.9 Å². The van der Waals surface area contributed by atoms with Gasteiger partial charge in [-0.2, -0.15) is 0 Å². The van der Waals surface area contributed by atoms with Gasteiger partial charge in [-0.15, -0.1) is 0 Å². The van der Waals surface area contributed by atoms with Crippen LogP contribution < -0.4 is 0 Å². The van der Waals surface area contributed by atoms with Crippen LogP contribution in [0.25, 0.3) is 4.85 Å². The third-order valence-electron chi connectivity index (χ3n) is 2.87. The number of rotatable bonds is 1. The zero-order valence-electron chi connectivity index (χ0n) is 8.27. The molecule has 15 heavy (non-hydrogen) atoms. The molecule has 76 valence electrons. The van der Waals surface area contributed by atoms with Crippen LogP contribution in [0, 0.1) is 19.4 Å². The first-order valence-corrected chi connectivity index (χ1v) is 5.06. The van der Waals surface area contributed by atoms with Crippen molar-refractivity contribution >= 4 is 17.9 Å². The predicted molar refractivity (Wildman–Crippen MR) is 58.3 cm³/mol. The molecule has 1 heterocycles. The van der Waals surface area contributed by atoms with Gasteiger partial charge in [0.25, 0.3) is 6.57 Å². The standard InChI is InChI=1S/C11H10ClN2O/c1-6-8-3-7(5-15)11(13-2)10(8)9(12)4-14-6/h2,4-5,7,11H,3H2,1H3/q+1/t7-,11?/m0/s1. The Balaban J connectivity index is 2.62. The number of aromatic nitrogens is 1. The second-order valence-electron chi connectivity index (χ2n) is 3.68. The first-order chi connectivity index (χ1) is 7.19. The average Bonchev–Trinajstić information content (AvgIpc) is 2.63. The molecule has 1 unspecified atom stereocenters. The maximum Gasteiger partial charge on any atom is 0.308 e. The van der Waals surface area contributed by atoms with E-state index >= 15 is 0 Å². The molecule has 0 N–H and O–H groups in total. The van der Waals surface area contributed by atoms with Crippen LogP contribution in [0.1, 0.15) is 22.9 Å². The number of carbonyl (C=O) groups excluding carboxylic acids is 1. The molecule has 0 saturated heterocycles. The van der Waals surface area contributed by atoms with Gasteiger partial charge in [-0.3, -0.25) is 4.98 Å². The molecule has 0 radical (unpaired) electrons. The fraction of sp³-hybridized carbons (Fsp3) is 0.364. The van der Waals surface area contributed by atoms with Gasteiger partial charge in [0.05, 0.1) is 10.6 Å². The second kappa shape index (κ2) is 3.63. The summed E-state index contributed by atoms with van der Waals surface area (Å²) in [5, 5.41) is 0.541. The number of hydrogen-bond donors (Lipinski definition) is 0. The van der Waals surface area contributed by atoms with Gasteiger partial charge in [-0.25, -0.2) is 0 Å². The van der Waals surface area contributed by atoms with Gasteiger partial charge in [-0.1, -0.05) is 16.4 Å². The van der Waals surface area contributed by atoms with Crippen molar-refractivity contribution in [3.8, 4) is 6.57 Å². The second-order valence-corrected chi connectivity index (χ2v) is 4.09. The van der Waals surface area contributed by atoms with Crippen molar-refractivity contribution in [2.24, 2.45) is 5.92 Å². The van der Waals surface area contributed by atoms with Gasteiger partial charge in [0.15, 0.2) is 0 Å². The van der Waals surface area contributed by atoms with Gasteiger partial charge in [0.1, 0.15) is 12.2 Å². The Labute approximate surface area is 92.9 Å². The summed E-state index contributed by atoms with van der Waals surface area (Å²) in [4.78, 5) is 18.8. The summed E-state index contributed by atoms with van der Waals surface area (Å²) in [6.45, 7) is 7.22. The van der Waals surface area contributed by atoms with E-state index in [2.05, 4.69) is 9.83 Å². The van der Waals surface area contributed by atoms with E-state index in [0.29, 0.717) is 11.4 Å². The van der Waals surface area contributed by atoms with Crippen molar-refractivity contribution in [2.45, 2.75) is 19.4 Å². The minimum atomic E-state index is -0.313. The highest BCUT2D eigenvalue weighted by atomic mass is 35.5. The summed E-state index contributed by atoms with van der Waals surface area (Å²) < 4.78 is 0. The molecule has 1 aromatic rings. The Morgan fingerprint density at radius 2 is 2.47 bits per heavy atom. The van der Waals surface area contributed by atoms with Gasteiger partial charge >= 0.3 is 6.04 Å². The van der Waals surface area contributed by atoms with Crippen molar-refractivity contribution in [3.05, 3.63) is 32.9 Å². The monoisotopic (exact) mass is 221 g/mol. The summed E-state index contributed by atoms with van der Waals surface area (Å²) in [6.07, 6.45) is 3.10. The van der Waals surface area contributed by atoms with Crippen LogP contribution in [0.3, 0.4) is 0 Å². The number of aryl methyl sites for hydroxylation is 1. The maximum absolute atomic E-state index is 10.9. The van der Waals surface area contributed by atoms with E-state index in [0.717, 1.165) is 23.1 Å². The van der Waals surface area contributed by atoms with Crippen LogP contribution in [0.2, 0.25) is 5.02 Å². The quantitative estimate of drug-likeness (QED) is 0.683. The Kier molecular flexibility index (Phi) is 2.45.